The molecule has 0 aromatic heterocycles. The molecule has 2 aliphatic carbocycles. The Hall–Kier alpha value is -1.12. The number of fused-ring (bicyclic) bond motifs is 3. The molecule has 1 saturated heterocycles. The number of rotatable bonds is 2. The van der Waals surface area contributed by atoms with Gasteiger partial charge in [0.25, 0.3) is 0 Å². The molecule has 0 N–H and O–H groups in total. The molecule has 3 fully saturated rings. The number of hydrogen-bond donors (Lipinski definition) is 0. The van der Waals surface area contributed by atoms with E-state index in [1.165, 1.54) is 18.4 Å². The van der Waals surface area contributed by atoms with Gasteiger partial charge in [-0.15, -0.1) is 0 Å². The van der Waals surface area contributed by atoms with Gasteiger partial charge in [0.05, 0.1) is 12.2 Å². The lowest BCUT2D eigenvalue weighted by Gasteiger charge is -2.54. The van der Waals surface area contributed by atoms with E-state index in [4.69, 9.17) is 9.47 Å². The zero-order chi connectivity index (χ0) is 17.2. The molecule has 24 heavy (non-hydrogen) atoms. The topological polar surface area (TPSA) is 18.5 Å². The summed E-state index contributed by atoms with van der Waals surface area (Å²) >= 11 is 0. The van der Waals surface area contributed by atoms with Gasteiger partial charge in [-0.25, -0.2) is 0 Å². The van der Waals surface area contributed by atoms with Gasteiger partial charge in [0.15, 0.2) is 5.79 Å². The summed E-state index contributed by atoms with van der Waals surface area (Å²) in [7, 11) is 0. The number of benzene rings is 1. The second kappa shape index (κ2) is 5.19. The van der Waals surface area contributed by atoms with E-state index in [2.05, 4.69) is 77.1 Å². The summed E-state index contributed by atoms with van der Waals surface area (Å²) in [6.07, 6.45) is 7.35. The van der Waals surface area contributed by atoms with Crippen LogP contribution in [0.15, 0.2) is 36.4 Å². The fraction of sp³-hybridized carbons (Fsp3) is 0.636. The van der Waals surface area contributed by atoms with Gasteiger partial charge in [-0.2, -0.15) is 0 Å². The smallest absolute Gasteiger partial charge is 0.163 e. The van der Waals surface area contributed by atoms with E-state index in [0.29, 0.717) is 17.4 Å². The van der Waals surface area contributed by atoms with Gasteiger partial charge >= 0.3 is 0 Å². The third kappa shape index (κ3) is 2.46. The Kier molecular flexibility index (Phi) is 3.54. The number of hydrogen-bond acceptors (Lipinski definition) is 2. The van der Waals surface area contributed by atoms with Crippen LogP contribution < -0.4 is 0 Å². The molecule has 1 aromatic rings. The molecular formula is C22H30O2. The molecule has 0 unspecified atom stereocenters. The van der Waals surface area contributed by atoms with Crippen LogP contribution in [0.5, 0.6) is 0 Å². The molecule has 3 aliphatic rings. The maximum Gasteiger partial charge on any atom is 0.163 e. The second-order valence-electron chi connectivity index (χ2n) is 9.24. The first-order valence-electron chi connectivity index (χ1n) is 9.33. The van der Waals surface area contributed by atoms with Gasteiger partial charge in [-0.1, -0.05) is 63.3 Å². The van der Waals surface area contributed by atoms with E-state index >= 15 is 0 Å². The Labute approximate surface area is 146 Å². The summed E-state index contributed by atoms with van der Waals surface area (Å²) in [4.78, 5) is 0. The quantitative estimate of drug-likeness (QED) is 0.735. The van der Waals surface area contributed by atoms with Gasteiger partial charge < -0.3 is 9.47 Å². The van der Waals surface area contributed by atoms with Crippen LogP contribution in [-0.2, 0) is 9.47 Å². The second-order valence-corrected chi connectivity index (χ2v) is 9.24. The lowest BCUT2D eigenvalue weighted by molar-refractivity contribution is -0.345. The monoisotopic (exact) mass is 326 g/mol. The predicted molar refractivity (Wildman–Crippen MR) is 97.4 cm³/mol. The molecule has 1 heterocycles. The van der Waals surface area contributed by atoms with Crippen LogP contribution in [-0.4, -0.2) is 18.0 Å². The van der Waals surface area contributed by atoms with Gasteiger partial charge in [0.2, 0.25) is 0 Å². The molecule has 0 amide bonds. The third-order valence-electron chi connectivity index (χ3n) is 6.84. The van der Waals surface area contributed by atoms with Crippen molar-refractivity contribution in [2.75, 3.05) is 0 Å². The minimum Gasteiger partial charge on any atom is -0.346 e. The van der Waals surface area contributed by atoms with Gasteiger partial charge in [0, 0.05) is 5.41 Å². The third-order valence-corrected chi connectivity index (χ3v) is 6.84. The Balaban J connectivity index is 1.65. The van der Waals surface area contributed by atoms with Crippen molar-refractivity contribution < 1.29 is 9.47 Å². The average Bonchev–Trinajstić information content (AvgIpc) is 3.08. The van der Waals surface area contributed by atoms with Crippen LogP contribution in [0.25, 0.3) is 6.08 Å². The van der Waals surface area contributed by atoms with E-state index in [9.17, 15) is 0 Å². The fourth-order valence-electron chi connectivity index (χ4n) is 5.27. The van der Waals surface area contributed by atoms with E-state index in [-0.39, 0.29) is 11.5 Å². The largest absolute Gasteiger partial charge is 0.346 e. The molecule has 2 saturated carbocycles. The Morgan fingerprint density at radius 2 is 1.71 bits per heavy atom. The lowest BCUT2D eigenvalue weighted by Crippen LogP contribution is -2.58. The predicted octanol–water partition coefficient (Wildman–Crippen LogP) is 5.29. The van der Waals surface area contributed by atoms with Gasteiger partial charge in [-0.3, -0.25) is 0 Å². The Bertz CT molecular complexity index is 645. The fourth-order valence-corrected chi connectivity index (χ4v) is 5.27. The van der Waals surface area contributed by atoms with Gasteiger partial charge in [0.1, 0.15) is 0 Å². The van der Waals surface area contributed by atoms with Crippen molar-refractivity contribution in [3.8, 4) is 0 Å². The summed E-state index contributed by atoms with van der Waals surface area (Å²) < 4.78 is 12.9. The molecule has 0 spiro atoms. The molecule has 1 aliphatic heterocycles. The standard InChI is InChI=1S/C22H30O2/c1-20(2)16-13-14-22(5)17(12-11-15-9-7-6-8-10-15)23-21(3,4)24-19(22)18(16)20/h6-12,16-19H,13-14H2,1-5H3/b12-11+/t16-,17-,18-,19+,22-/m1/s1. The maximum absolute atomic E-state index is 6.50. The Morgan fingerprint density at radius 1 is 1.00 bits per heavy atom. The van der Waals surface area contributed by atoms with Crippen LogP contribution in [0.1, 0.15) is 53.0 Å². The summed E-state index contributed by atoms with van der Waals surface area (Å²) in [5, 5.41) is 0. The van der Waals surface area contributed by atoms with Gasteiger partial charge in [-0.05, 0) is 49.5 Å². The van der Waals surface area contributed by atoms with Crippen LogP contribution in [0.3, 0.4) is 0 Å². The first kappa shape index (κ1) is 16.4. The first-order chi connectivity index (χ1) is 11.2. The molecular weight excluding hydrogens is 296 g/mol. The van der Waals surface area contributed by atoms with Crippen LogP contribution in [0.2, 0.25) is 0 Å². The maximum atomic E-state index is 6.50. The molecule has 0 radical (unpaired) electrons. The zero-order valence-corrected chi connectivity index (χ0v) is 15.6. The highest BCUT2D eigenvalue weighted by molar-refractivity contribution is 5.49. The van der Waals surface area contributed by atoms with Crippen molar-refractivity contribution in [1.82, 2.24) is 0 Å². The molecule has 4 rings (SSSR count). The molecule has 1 aromatic carbocycles. The molecule has 0 bridgehead atoms. The van der Waals surface area contributed by atoms with Crippen molar-refractivity contribution in [1.29, 1.82) is 0 Å². The SMILES string of the molecule is CC1(C)O[C@H](/C=C/c2ccccc2)[C@@]2(C)CC[C@@H]3[C@H]([C@@H]2O1)C3(C)C. The van der Waals surface area contributed by atoms with Crippen molar-refractivity contribution in [3.63, 3.8) is 0 Å². The molecule has 2 heteroatoms. The van der Waals surface area contributed by atoms with E-state index in [0.717, 1.165) is 5.92 Å². The highest BCUT2D eigenvalue weighted by Crippen LogP contribution is 2.70. The van der Waals surface area contributed by atoms with E-state index in [1.807, 2.05) is 0 Å². The first-order valence-corrected chi connectivity index (χ1v) is 9.33. The average molecular weight is 326 g/mol. The van der Waals surface area contributed by atoms with E-state index < -0.39 is 5.79 Å². The highest BCUT2D eigenvalue weighted by atomic mass is 16.7. The normalized spacial score (nSPS) is 42.4. The van der Waals surface area contributed by atoms with Crippen molar-refractivity contribution in [2.24, 2.45) is 22.7 Å². The summed E-state index contributed by atoms with van der Waals surface area (Å²) in [6.45, 7) is 11.3. The molecule has 130 valence electrons. The zero-order valence-electron chi connectivity index (χ0n) is 15.6. The van der Waals surface area contributed by atoms with Crippen molar-refractivity contribution >= 4 is 6.08 Å². The lowest BCUT2D eigenvalue weighted by atomic mass is 9.68. The van der Waals surface area contributed by atoms with Crippen LogP contribution in [0.4, 0.5) is 0 Å². The Morgan fingerprint density at radius 3 is 2.42 bits per heavy atom. The highest BCUT2D eigenvalue weighted by Gasteiger charge is 2.70. The molecule has 2 nitrogen and oxygen atoms in total. The summed E-state index contributed by atoms with van der Waals surface area (Å²) in [5.41, 5.74) is 1.71. The van der Waals surface area contributed by atoms with Crippen molar-refractivity contribution in [2.45, 2.75) is 65.5 Å². The number of ether oxygens (including phenoxy) is 2. The minimum absolute atomic E-state index is 0.0652. The summed E-state index contributed by atoms with van der Waals surface area (Å²) in [5.74, 6) is 0.978. The minimum atomic E-state index is -0.517. The van der Waals surface area contributed by atoms with Crippen LogP contribution >= 0.6 is 0 Å². The van der Waals surface area contributed by atoms with E-state index in [1.54, 1.807) is 0 Å². The van der Waals surface area contributed by atoms with Crippen LogP contribution in [0, 0.1) is 22.7 Å². The summed E-state index contributed by atoms with van der Waals surface area (Å²) in [6, 6.07) is 10.5. The van der Waals surface area contributed by atoms with Crippen molar-refractivity contribution in [3.05, 3.63) is 42.0 Å². The molecule has 5 atom stereocenters.